The van der Waals surface area contributed by atoms with Crippen LogP contribution in [0.5, 0.6) is 0 Å². The molecular weight excluding hydrogens is 423 g/mol. The van der Waals surface area contributed by atoms with Crippen molar-refractivity contribution in [2.75, 3.05) is 5.32 Å². The Hall–Kier alpha value is -2.97. The fourth-order valence-corrected chi connectivity index (χ4v) is 2.85. The third kappa shape index (κ3) is 5.30. The normalized spacial score (nSPS) is 11.0. The van der Waals surface area contributed by atoms with Gasteiger partial charge in [-0.3, -0.25) is 10.1 Å². The fraction of sp³-hybridized carbons (Fsp3) is 0.0500. The molecule has 2 N–H and O–H groups in total. The predicted octanol–water partition coefficient (Wildman–Crippen LogP) is 5.55. The molecule has 1 amide bonds. The molecule has 0 radical (unpaired) electrons. The maximum atomic E-state index is 13.4. The quantitative estimate of drug-likeness (QED) is 0.530. The Morgan fingerprint density at radius 3 is 2.31 bits per heavy atom. The number of carbonyl (C=O) groups is 1. The number of anilines is 1. The molecule has 148 valence electrons. The molecule has 9 heteroatoms. The number of alkyl halides is 3. The van der Waals surface area contributed by atoms with Crippen LogP contribution < -0.4 is 10.6 Å². The molecule has 0 aliphatic heterocycles. The summed E-state index contributed by atoms with van der Waals surface area (Å²) in [4.78, 5) is 16.0. The molecule has 0 saturated heterocycles. The summed E-state index contributed by atoms with van der Waals surface area (Å²) < 4.78 is 40.1. The number of nitrogens with zero attached hydrogens (tertiary/aromatic N) is 1. The number of rotatable bonds is 3. The Balaban J connectivity index is 1.81. The lowest BCUT2D eigenvalue weighted by Crippen LogP contribution is -2.34. The van der Waals surface area contributed by atoms with Crippen molar-refractivity contribution in [1.29, 1.82) is 0 Å². The minimum Gasteiger partial charge on any atom is -0.317 e. The zero-order valence-electron chi connectivity index (χ0n) is 14.6. The van der Waals surface area contributed by atoms with Crippen molar-refractivity contribution in [3.63, 3.8) is 0 Å². The molecule has 3 rings (SSSR count). The lowest BCUT2D eigenvalue weighted by Gasteiger charge is -2.15. The maximum Gasteiger partial charge on any atom is 0.418 e. The summed E-state index contributed by atoms with van der Waals surface area (Å²) in [6.45, 7) is 0. The molecule has 0 fully saturated rings. The van der Waals surface area contributed by atoms with Gasteiger partial charge in [0.25, 0.3) is 5.91 Å². The third-order valence-corrected chi connectivity index (χ3v) is 4.33. The monoisotopic (exact) mass is 435 g/mol. The van der Waals surface area contributed by atoms with Crippen molar-refractivity contribution in [3.05, 3.63) is 83.0 Å². The number of pyridine rings is 1. The second-order valence-corrected chi connectivity index (χ2v) is 6.74. The van der Waals surface area contributed by atoms with Crippen molar-refractivity contribution >= 4 is 40.7 Å². The van der Waals surface area contributed by atoms with Crippen LogP contribution in [0.25, 0.3) is 11.1 Å². The zero-order chi connectivity index (χ0) is 21.0. The predicted molar refractivity (Wildman–Crippen MR) is 110 cm³/mol. The summed E-state index contributed by atoms with van der Waals surface area (Å²) in [5.74, 6) is -0.423. The zero-order valence-corrected chi connectivity index (χ0v) is 16.2. The highest BCUT2D eigenvalue weighted by atomic mass is 35.5. The molecule has 2 aromatic carbocycles. The largest absolute Gasteiger partial charge is 0.418 e. The Bertz CT molecular complexity index is 1040. The summed E-state index contributed by atoms with van der Waals surface area (Å²) in [6, 6.07) is 15.5. The van der Waals surface area contributed by atoms with E-state index in [4.69, 9.17) is 23.8 Å². The number of benzene rings is 2. The molecule has 1 heterocycles. The number of hydrogen-bond donors (Lipinski definition) is 2. The highest BCUT2D eigenvalue weighted by molar-refractivity contribution is 7.80. The topological polar surface area (TPSA) is 54.0 Å². The number of carbonyl (C=O) groups excluding carboxylic acids is 1. The summed E-state index contributed by atoms with van der Waals surface area (Å²) in [5.41, 5.74) is -0.224. The number of nitrogens with one attached hydrogen (secondary N) is 2. The molecule has 1 aromatic heterocycles. The van der Waals surface area contributed by atoms with Crippen LogP contribution in [-0.2, 0) is 6.18 Å². The van der Waals surface area contributed by atoms with Gasteiger partial charge in [-0.25, -0.2) is 4.98 Å². The summed E-state index contributed by atoms with van der Waals surface area (Å²) in [7, 11) is 0. The van der Waals surface area contributed by atoms with Gasteiger partial charge < -0.3 is 5.32 Å². The van der Waals surface area contributed by atoms with Crippen LogP contribution >= 0.6 is 23.8 Å². The van der Waals surface area contributed by atoms with E-state index in [2.05, 4.69) is 15.6 Å². The second kappa shape index (κ2) is 8.59. The number of hydrogen-bond acceptors (Lipinski definition) is 3. The fourth-order valence-electron chi connectivity index (χ4n) is 2.53. The first kappa shape index (κ1) is 20.8. The van der Waals surface area contributed by atoms with E-state index in [1.165, 1.54) is 18.2 Å². The smallest absolute Gasteiger partial charge is 0.317 e. The van der Waals surface area contributed by atoms with Crippen LogP contribution in [0, 0.1) is 0 Å². The standard InChI is InChI=1S/C20H13ClF3N3OS/c21-14-8-6-13(7-9-14)18(28)27-19(29)26-17-10-15(12-4-2-1-3-5-12)16(11-25-17)20(22,23)24/h1-11H,(H2,25,26,27,28,29). The number of aromatic nitrogens is 1. The van der Waals surface area contributed by atoms with E-state index in [0.717, 1.165) is 6.20 Å². The SMILES string of the molecule is O=C(NC(=S)Nc1cc(-c2ccccc2)c(C(F)(F)F)cn1)c1ccc(Cl)cc1. The van der Waals surface area contributed by atoms with Crippen molar-refractivity contribution in [1.82, 2.24) is 10.3 Å². The molecule has 0 bridgehead atoms. The lowest BCUT2D eigenvalue weighted by molar-refractivity contribution is -0.137. The van der Waals surface area contributed by atoms with E-state index in [-0.39, 0.29) is 16.5 Å². The van der Waals surface area contributed by atoms with Crippen LogP contribution in [0.4, 0.5) is 19.0 Å². The minimum atomic E-state index is -4.57. The van der Waals surface area contributed by atoms with Crippen molar-refractivity contribution < 1.29 is 18.0 Å². The Kier molecular flexibility index (Phi) is 6.14. The first-order valence-electron chi connectivity index (χ1n) is 8.24. The van der Waals surface area contributed by atoms with Gasteiger partial charge in [-0.1, -0.05) is 41.9 Å². The van der Waals surface area contributed by atoms with Gasteiger partial charge in [-0.15, -0.1) is 0 Å². The van der Waals surface area contributed by atoms with Gasteiger partial charge in [0, 0.05) is 16.8 Å². The molecule has 0 atom stereocenters. The van der Waals surface area contributed by atoms with Crippen LogP contribution in [0.1, 0.15) is 15.9 Å². The highest BCUT2D eigenvalue weighted by Crippen LogP contribution is 2.37. The van der Waals surface area contributed by atoms with Gasteiger partial charge >= 0.3 is 6.18 Å². The van der Waals surface area contributed by atoms with Crippen molar-refractivity contribution in [3.8, 4) is 11.1 Å². The van der Waals surface area contributed by atoms with E-state index in [1.807, 2.05) is 0 Å². The summed E-state index contributed by atoms with van der Waals surface area (Å²) in [6.07, 6.45) is -3.84. The van der Waals surface area contributed by atoms with Gasteiger partial charge in [0.2, 0.25) is 0 Å². The summed E-state index contributed by atoms with van der Waals surface area (Å²) >= 11 is 10.9. The first-order valence-corrected chi connectivity index (χ1v) is 9.03. The number of amides is 1. The van der Waals surface area contributed by atoms with E-state index in [0.29, 0.717) is 16.1 Å². The van der Waals surface area contributed by atoms with Gasteiger partial charge in [-0.2, -0.15) is 13.2 Å². The Labute approximate surface area is 174 Å². The maximum absolute atomic E-state index is 13.4. The van der Waals surface area contributed by atoms with E-state index in [1.54, 1.807) is 42.5 Å². The molecule has 3 aromatic rings. The van der Waals surface area contributed by atoms with Crippen molar-refractivity contribution in [2.45, 2.75) is 6.18 Å². The first-order chi connectivity index (χ1) is 13.7. The van der Waals surface area contributed by atoms with Gasteiger partial charge in [0.15, 0.2) is 5.11 Å². The molecule has 0 aliphatic carbocycles. The van der Waals surface area contributed by atoms with Crippen LogP contribution in [0.2, 0.25) is 5.02 Å². The number of halogens is 4. The van der Waals surface area contributed by atoms with Gasteiger partial charge in [0.05, 0.1) is 5.56 Å². The van der Waals surface area contributed by atoms with E-state index in [9.17, 15) is 18.0 Å². The minimum absolute atomic E-state index is 0.0533. The van der Waals surface area contributed by atoms with Gasteiger partial charge in [-0.05, 0) is 53.7 Å². The molecule has 4 nitrogen and oxygen atoms in total. The molecule has 0 aliphatic rings. The van der Waals surface area contributed by atoms with E-state index >= 15 is 0 Å². The summed E-state index contributed by atoms with van der Waals surface area (Å²) in [5, 5.41) is 5.46. The van der Waals surface area contributed by atoms with E-state index < -0.39 is 17.6 Å². The van der Waals surface area contributed by atoms with Crippen LogP contribution in [-0.4, -0.2) is 16.0 Å². The van der Waals surface area contributed by atoms with Crippen LogP contribution in [0.3, 0.4) is 0 Å². The molecule has 0 spiro atoms. The average Bonchev–Trinajstić information content (AvgIpc) is 2.68. The highest BCUT2D eigenvalue weighted by Gasteiger charge is 2.34. The third-order valence-electron chi connectivity index (χ3n) is 3.87. The van der Waals surface area contributed by atoms with Gasteiger partial charge in [0.1, 0.15) is 5.82 Å². The molecule has 29 heavy (non-hydrogen) atoms. The molecular formula is C20H13ClF3N3OS. The Morgan fingerprint density at radius 1 is 1.03 bits per heavy atom. The Morgan fingerprint density at radius 2 is 1.69 bits per heavy atom. The average molecular weight is 436 g/mol. The lowest BCUT2D eigenvalue weighted by atomic mass is 10.0. The number of thiocarbonyl (C=S) groups is 1. The molecule has 0 saturated carbocycles. The van der Waals surface area contributed by atoms with Crippen LogP contribution in [0.15, 0.2) is 66.9 Å². The second-order valence-electron chi connectivity index (χ2n) is 5.89. The molecule has 0 unspecified atom stereocenters. The van der Waals surface area contributed by atoms with Crippen molar-refractivity contribution in [2.24, 2.45) is 0 Å².